The van der Waals surface area contributed by atoms with Gasteiger partial charge in [0.15, 0.2) is 15.7 Å². The number of hydrogen-bond donors (Lipinski definition) is 1. The minimum atomic E-state index is -2.93. The standard InChI is InChI=1S/C18H20ClN3O2S/c19-13-5-3-4-12(10-13)17-21-16-7-2-1-6-15(16)18(22-17)20-14-8-9-25(23,24)11-14/h3-5,10,14H,1-2,6-9,11H2,(H,20,21,22). The molecule has 0 spiro atoms. The Morgan fingerprint density at radius 3 is 2.76 bits per heavy atom. The highest BCUT2D eigenvalue weighted by atomic mass is 35.5. The maximum Gasteiger partial charge on any atom is 0.161 e. The van der Waals surface area contributed by atoms with Crippen molar-refractivity contribution in [2.45, 2.75) is 38.1 Å². The van der Waals surface area contributed by atoms with E-state index in [1.54, 1.807) is 0 Å². The van der Waals surface area contributed by atoms with Crippen molar-refractivity contribution in [3.05, 3.63) is 40.5 Å². The first-order valence-corrected chi connectivity index (χ1v) is 10.8. The highest BCUT2D eigenvalue weighted by Gasteiger charge is 2.29. The number of halogens is 1. The number of sulfone groups is 1. The van der Waals surface area contributed by atoms with Gasteiger partial charge < -0.3 is 5.32 Å². The molecule has 1 N–H and O–H groups in total. The maximum absolute atomic E-state index is 11.8. The van der Waals surface area contributed by atoms with E-state index in [4.69, 9.17) is 21.6 Å². The molecule has 25 heavy (non-hydrogen) atoms. The van der Waals surface area contributed by atoms with Gasteiger partial charge in [-0.05, 0) is 44.2 Å². The first kappa shape index (κ1) is 16.8. The summed E-state index contributed by atoms with van der Waals surface area (Å²) in [5.41, 5.74) is 3.09. The average Bonchev–Trinajstić information content (AvgIpc) is 2.93. The molecule has 1 aliphatic carbocycles. The van der Waals surface area contributed by atoms with Crippen LogP contribution in [0.1, 0.15) is 30.5 Å². The summed E-state index contributed by atoms with van der Waals surface area (Å²) < 4.78 is 23.5. The number of benzene rings is 1. The molecular formula is C18H20ClN3O2S. The van der Waals surface area contributed by atoms with E-state index >= 15 is 0 Å². The average molecular weight is 378 g/mol. The molecule has 0 saturated carbocycles. The molecular weight excluding hydrogens is 358 g/mol. The fourth-order valence-electron chi connectivity index (χ4n) is 3.57. The second-order valence-electron chi connectivity index (χ2n) is 6.78. The Morgan fingerprint density at radius 2 is 2.00 bits per heavy atom. The predicted molar refractivity (Wildman–Crippen MR) is 99.8 cm³/mol. The molecule has 1 aliphatic heterocycles. The van der Waals surface area contributed by atoms with Gasteiger partial charge in [0.25, 0.3) is 0 Å². The molecule has 2 aromatic rings. The van der Waals surface area contributed by atoms with E-state index in [-0.39, 0.29) is 17.5 Å². The number of nitrogens with one attached hydrogen (secondary N) is 1. The molecule has 2 heterocycles. The first-order valence-electron chi connectivity index (χ1n) is 8.63. The molecule has 1 fully saturated rings. The van der Waals surface area contributed by atoms with E-state index in [0.717, 1.165) is 48.3 Å². The summed E-state index contributed by atoms with van der Waals surface area (Å²) in [4.78, 5) is 9.49. The van der Waals surface area contributed by atoms with Crippen LogP contribution in [0.3, 0.4) is 0 Å². The Kier molecular flexibility index (Phi) is 4.41. The molecule has 7 heteroatoms. The second kappa shape index (κ2) is 6.57. The van der Waals surface area contributed by atoms with Crippen molar-refractivity contribution in [1.29, 1.82) is 0 Å². The van der Waals surface area contributed by atoms with E-state index in [1.165, 1.54) is 0 Å². The molecule has 0 radical (unpaired) electrons. The monoisotopic (exact) mass is 377 g/mol. The van der Waals surface area contributed by atoms with Crippen molar-refractivity contribution in [3.8, 4) is 11.4 Å². The van der Waals surface area contributed by atoms with E-state index in [9.17, 15) is 8.42 Å². The molecule has 1 atom stereocenters. The van der Waals surface area contributed by atoms with Crippen molar-refractivity contribution in [2.24, 2.45) is 0 Å². The smallest absolute Gasteiger partial charge is 0.161 e. The van der Waals surface area contributed by atoms with Gasteiger partial charge in [-0.25, -0.2) is 18.4 Å². The van der Waals surface area contributed by atoms with Gasteiger partial charge in [0.1, 0.15) is 5.82 Å². The van der Waals surface area contributed by atoms with Gasteiger partial charge in [-0.15, -0.1) is 0 Å². The van der Waals surface area contributed by atoms with Crippen LogP contribution < -0.4 is 5.32 Å². The minimum absolute atomic E-state index is 0.0712. The zero-order valence-corrected chi connectivity index (χ0v) is 15.4. The quantitative estimate of drug-likeness (QED) is 0.888. The molecule has 1 aromatic carbocycles. The van der Waals surface area contributed by atoms with Crippen molar-refractivity contribution < 1.29 is 8.42 Å². The summed E-state index contributed by atoms with van der Waals surface area (Å²) in [5.74, 6) is 1.87. The molecule has 1 unspecified atom stereocenters. The highest BCUT2D eigenvalue weighted by Crippen LogP contribution is 2.30. The Morgan fingerprint density at radius 1 is 1.16 bits per heavy atom. The van der Waals surface area contributed by atoms with Crippen LogP contribution in [-0.2, 0) is 22.7 Å². The van der Waals surface area contributed by atoms with Crippen molar-refractivity contribution in [1.82, 2.24) is 9.97 Å². The highest BCUT2D eigenvalue weighted by molar-refractivity contribution is 7.91. The minimum Gasteiger partial charge on any atom is -0.366 e. The van der Waals surface area contributed by atoms with E-state index in [0.29, 0.717) is 17.3 Å². The third-order valence-electron chi connectivity index (χ3n) is 4.84. The number of aryl methyl sites for hydroxylation is 1. The van der Waals surface area contributed by atoms with Crippen LogP contribution in [0.4, 0.5) is 5.82 Å². The number of anilines is 1. The molecule has 1 saturated heterocycles. The fourth-order valence-corrected chi connectivity index (χ4v) is 5.44. The van der Waals surface area contributed by atoms with Crippen LogP contribution in [0, 0.1) is 0 Å². The van der Waals surface area contributed by atoms with Crippen molar-refractivity contribution in [3.63, 3.8) is 0 Å². The van der Waals surface area contributed by atoms with Gasteiger partial charge in [0.2, 0.25) is 0 Å². The van der Waals surface area contributed by atoms with Crippen LogP contribution in [-0.4, -0.2) is 35.9 Å². The second-order valence-corrected chi connectivity index (χ2v) is 9.45. The Labute approximate surface area is 152 Å². The fraction of sp³-hybridized carbons (Fsp3) is 0.444. The maximum atomic E-state index is 11.8. The van der Waals surface area contributed by atoms with Gasteiger partial charge in [0.05, 0.1) is 11.5 Å². The zero-order valence-electron chi connectivity index (χ0n) is 13.8. The van der Waals surface area contributed by atoms with Crippen LogP contribution in [0.2, 0.25) is 5.02 Å². The topological polar surface area (TPSA) is 72.0 Å². The molecule has 2 aliphatic rings. The van der Waals surface area contributed by atoms with Crippen molar-refractivity contribution >= 4 is 27.3 Å². The number of nitrogens with zero attached hydrogens (tertiary/aromatic N) is 2. The third-order valence-corrected chi connectivity index (χ3v) is 6.84. The van der Waals surface area contributed by atoms with Gasteiger partial charge in [-0.1, -0.05) is 23.7 Å². The summed E-state index contributed by atoms with van der Waals surface area (Å²) in [6.45, 7) is 0. The Balaban J connectivity index is 1.73. The normalized spacial score (nSPS) is 21.7. The number of hydrogen-bond acceptors (Lipinski definition) is 5. The van der Waals surface area contributed by atoms with Gasteiger partial charge >= 0.3 is 0 Å². The van der Waals surface area contributed by atoms with Gasteiger partial charge in [-0.2, -0.15) is 0 Å². The molecule has 0 amide bonds. The summed E-state index contributed by atoms with van der Waals surface area (Å²) in [6, 6.07) is 7.44. The molecule has 4 rings (SSSR count). The lowest BCUT2D eigenvalue weighted by Crippen LogP contribution is -2.24. The number of fused-ring (bicyclic) bond motifs is 1. The van der Waals surface area contributed by atoms with Gasteiger partial charge in [0, 0.05) is 27.9 Å². The Hall–Kier alpha value is -1.66. The number of aromatic nitrogens is 2. The van der Waals surface area contributed by atoms with E-state index in [2.05, 4.69) is 5.32 Å². The van der Waals surface area contributed by atoms with E-state index < -0.39 is 9.84 Å². The third kappa shape index (κ3) is 3.65. The van der Waals surface area contributed by atoms with Crippen LogP contribution in [0.15, 0.2) is 24.3 Å². The molecule has 5 nitrogen and oxygen atoms in total. The number of rotatable bonds is 3. The summed E-state index contributed by atoms with van der Waals surface area (Å²) in [7, 11) is -2.93. The lowest BCUT2D eigenvalue weighted by Gasteiger charge is -2.22. The first-order chi connectivity index (χ1) is 12.0. The molecule has 0 bridgehead atoms. The van der Waals surface area contributed by atoms with Gasteiger partial charge in [-0.3, -0.25) is 0 Å². The van der Waals surface area contributed by atoms with E-state index in [1.807, 2.05) is 24.3 Å². The largest absolute Gasteiger partial charge is 0.366 e. The zero-order chi connectivity index (χ0) is 17.4. The SMILES string of the molecule is O=S1(=O)CCC(Nc2nc(-c3cccc(Cl)c3)nc3c2CCCC3)C1. The summed E-state index contributed by atoms with van der Waals surface area (Å²) >= 11 is 6.11. The molecule has 132 valence electrons. The lowest BCUT2D eigenvalue weighted by molar-refractivity contribution is 0.602. The molecule has 1 aromatic heterocycles. The van der Waals surface area contributed by atoms with Crippen molar-refractivity contribution in [2.75, 3.05) is 16.8 Å². The van der Waals surface area contributed by atoms with Crippen LogP contribution >= 0.6 is 11.6 Å². The Bertz CT molecular complexity index is 915. The summed E-state index contributed by atoms with van der Waals surface area (Å²) in [6.07, 6.45) is 4.74. The van der Waals surface area contributed by atoms with Crippen LogP contribution in [0.25, 0.3) is 11.4 Å². The predicted octanol–water partition coefficient (Wildman–Crippen LogP) is 3.27. The lowest BCUT2D eigenvalue weighted by atomic mass is 9.96. The van der Waals surface area contributed by atoms with Crippen LogP contribution in [0.5, 0.6) is 0 Å². The summed E-state index contributed by atoms with van der Waals surface area (Å²) in [5, 5.41) is 4.03.